The number of anilines is 1. The molecule has 0 spiro atoms. The van der Waals surface area contributed by atoms with E-state index in [4.69, 9.17) is 15.7 Å². The van der Waals surface area contributed by atoms with Crippen molar-refractivity contribution in [3.8, 4) is 11.8 Å². The Morgan fingerprint density at radius 2 is 2.32 bits per heavy atom. The molecule has 2 N–H and O–H groups in total. The molecule has 0 saturated heterocycles. The highest BCUT2D eigenvalue weighted by Gasteiger charge is 2.23. The minimum Gasteiger partial charge on any atom is -0.492 e. The van der Waals surface area contributed by atoms with Gasteiger partial charge >= 0.3 is 0 Å². The molecule has 1 aromatic heterocycles. The Bertz CT molecular complexity index is 717. The maximum absolute atomic E-state index is 9.16. The van der Waals surface area contributed by atoms with Crippen LogP contribution in [0.1, 0.15) is 21.6 Å². The van der Waals surface area contributed by atoms with Crippen molar-refractivity contribution in [2.75, 3.05) is 25.4 Å². The third kappa shape index (κ3) is 3.08. The van der Waals surface area contributed by atoms with E-state index in [2.05, 4.69) is 24.0 Å². The van der Waals surface area contributed by atoms with Gasteiger partial charge in [-0.3, -0.25) is 4.90 Å². The first-order valence-electron chi connectivity index (χ1n) is 7.39. The zero-order chi connectivity index (χ0) is 15.5. The molecule has 0 aliphatic carbocycles. The molecule has 3 rings (SSSR count). The molecule has 5 heteroatoms. The van der Waals surface area contributed by atoms with Crippen LogP contribution in [0.3, 0.4) is 0 Å². The summed E-state index contributed by atoms with van der Waals surface area (Å²) >= 11 is 1.55. The van der Waals surface area contributed by atoms with Crippen molar-refractivity contribution in [3.63, 3.8) is 0 Å². The van der Waals surface area contributed by atoms with E-state index in [1.54, 1.807) is 11.3 Å². The van der Waals surface area contributed by atoms with Gasteiger partial charge in [-0.25, -0.2) is 0 Å². The first-order valence-corrected chi connectivity index (χ1v) is 8.21. The lowest BCUT2D eigenvalue weighted by atomic mass is 10.0. The number of rotatable bonds is 4. The third-order valence-corrected chi connectivity index (χ3v) is 4.99. The average Bonchev–Trinajstić information content (AvgIpc) is 2.81. The molecule has 0 saturated carbocycles. The summed E-state index contributed by atoms with van der Waals surface area (Å²) in [4.78, 5) is 3.59. The molecule has 0 bridgehead atoms. The smallest absolute Gasteiger partial charge is 0.119 e. The maximum Gasteiger partial charge on any atom is 0.119 e. The van der Waals surface area contributed by atoms with Crippen LogP contribution < -0.4 is 10.5 Å². The summed E-state index contributed by atoms with van der Waals surface area (Å²) in [6.45, 7) is 5.43. The number of nitrogens with zero attached hydrogens (tertiary/aromatic N) is 2. The van der Waals surface area contributed by atoms with Crippen LogP contribution in [0, 0.1) is 18.3 Å². The summed E-state index contributed by atoms with van der Waals surface area (Å²) in [5.74, 6) is 0.921. The molecule has 2 aromatic rings. The van der Waals surface area contributed by atoms with E-state index in [0.717, 1.165) is 37.4 Å². The number of hydrogen-bond acceptors (Lipinski definition) is 5. The SMILES string of the molecule is Cc1cccc(OCCN2CCc3c(sc(N)c3C#N)C2)c1. The van der Waals surface area contributed by atoms with Crippen LogP contribution in [0.2, 0.25) is 0 Å². The molecule has 1 aliphatic heterocycles. The molecule has 2 heterocycles. The molecule has 0 fully saturated rings. The van der Waals surface area contributed by atoms with Crippen LogP contribution in [0.5, 0.6) is 5.75 Å². The minimum absolute atomic E-state index is 0.658. The zero-order valence-electron chi connectivity index (χ0n) is 12.6. The largest absolute Gasteiger partial charge is 0.492 e. The highest BCUT2D eigenvalue weighted by atomic mass is 32.1. The van der Waals surface area contributed by atoms with Crippen molar-refractivity contribution in [3.05, 3.63) is 45.8 Å². The fourth-order valence-electron chi connectivity index (χ4n) is 2.79. The highest BCUT2D eigenvalue weighted by molar-refractivity contribution is 7.16. The number of aryl methyl sites for hydroxylation is 1. The Kier molecular flexibility index (Phi) is 4.32. The molecule has 4 nitrogen and oxygen atoms in total. The van der Waals surface area contributed by atoms with Gasteiger partial charge in [-0.2, -0.15) is 5.26 Å². The lowest BCUT2D eigenvalue weighted by molar-refractivity contribution is 0.198. The van der Waals surface area contributed by atoms with Crippen LogP contribution in [-0.4, -0.2) is 24.6 Å². The average molecular weight is 313 g/mol. The predicted molar refractivity (Wildman–Crippen MR) is 89.1 cm³/mol. The second-order valence-electron chi connectivity index (χ2n) is 5.55. The fraction of sp³-hybridized carbons (Fsp3) is 0.353. The standard InChI is InChI=1S/C17H19N3OS/c1-12-3-2-4-13(9-12)21-8-7-20-6-5-14-15(10-18)17(19)22-16(14)11-20/h2-4,9H,5-8,11,19H2,1H3. The van der Waals surface area contributed by atoms with Crippen LogP contribution in [-0.2, 0) is 13.0 Å². The monoisotopic (exact) mass is 313 g/mol. The van der Waals surface area contributed by atoms with Gasteiger partial charge < -0.3 is 10.5 Å². The lowest BCUT2D eigenvalue weighted by Gasteiger charge is -2.26. The molecule has 0 amide bonds. The molecule has 1 aliphatic rings. The summed E-state index contributed by atoms with van der Waals surface area (Å²) in [6, 6.07) is 10.3. The second kappa shape index (κ2) is 6.39. The van der Waals surface area contributed by atoms with Crippen molar-refractivity contribution in [1.82, 2.24) is 4.90 Å². The van der Waals surface area contributed by atoms with Crippen molar-refractivity contribution >= 4 is 16.3 Å². The number of benzene rings is 1. The van der Waals surface area contributed by atoms with E-state index < -0.39 is 0 Å². The Balaban J connectivity index is 1.56. The zero-order valence-corrected chi connectivity index (χ0v) is 13.4. The molecular weight excluding hydrogens is 294 g/mol. The number of ether oxygens (including phenoxy) is 1. The van der Waals surface area contributed by atoms with Gasteiger partial charge in [0.05, 0.1) is 5.56 Å². The van der Waals surface area contributed by atoms with Crippen LogP contribution in [0.25, 0.3) is 0 Å². The van der Waals surface area contributed by atoms with Gasteiger partial charge in [0, 0.05) is 24.5 Å². The van der Waals surface area contributed by atoms with Crippen molar-refractivity contribution in [1.29, 1.82) is 5.26 Å². The number of nitriles is 1. The fourth-order valence-corrected chi connectivity index (χ4v) is 3.90. The summed E-state index contributed by atoms with van der Waals surface area (Å²) < 4.78 is 5.81. The summed E-state index contributed by atoms with van der Waals surface area (Å²) in [6.07, 6.45) is 0.899. The van der Waals surface area contributed by atoms with Gasteiger partial charge in [-0.1, -0.05) is 12.1 Å². The predicted octanol–water partition coefficient (Wildman–Crippen LogP) is 2.95. The summed E-state index contributed by atoms with van der Waals surface area (Å²) in [5, 5.41) is 9.82. The Hall–Kier alpha value is -2.03. The quantitative estimate of drug-likeness (QED) is 0.942. The van der Waals surface area contributed by atoms with Crippen LogP contribution >= 0.6 is 11.3 Å². The molecule has 0 radical (unpaired) electrons. The van der Waals surface area contributed by atoms with Gasteiger partial charge in [0.15, 0.2) is 0 Å². The van der Waals surface area contributed by atoms with E-state index in [-0.39, 0.29) is 0 Å². The van der Waals surface area contributed by atoms with E-state index in [9.17, 15) is 0 Å². The van der Waals surface area contributed by atoms with Gasteiger partial charge in [0.25, 0.3) is 0 Å². The molecule has 0 atom stereocenters. The van der Waals surface area contributed by atoms with Crippen LogP contribution in [0.4, 0.5) is 5.00 Å². The van der Waals surface area contributed by atoms with E-state index in [1.807, 2.05) is 18.2 Å². The van der Waals surface area contributed by atoms with Crippen molar-refractivity contribution < 1.29 is 4.74 Å². The summed E-state index contributed by atoms with van der Waals surface area (Å²) in [7, 11) is 0. The molecule has 1 aromatic carbocycles. The first kappa shape index (κ1) is 14.9. The first-order chi connectivity index (χ1) is 10.7. The molecule has 114 valence electrons. The van der Waals surface area contributed by atoms with E-state index >= 15 is 0 Å². The third-order valence-electron chi connectivity index (χ3n) is 3.94. The van der Waals surface area contributed by atoms with E-state index in [0.29, 0.717) is 17.2 Å². The number of hydrogen-bond donors (Lipinski definition) is 1. The van der Waals surface area contributed by atoms with Crippen LogP contribution in [0.15, 0.2) is 24.3 Å². The minimum atomic E-state index is 0.658. The Morgan fingerprint density at radius 1 is 1.45 bits per heavy atom. The molecular formula is C17H19N3OS. The highest BCUT2D eigenvalue weighted by Crippen LogP contribution is 2.34. The molecule has 0 unspecified atom stereocenters. The lowest BCUT2D eigenvalue weighted by Crippen LogP contribution is -2.33. The Labute approximate surface area is 134 Å². The van der Waals surface area contributed by atoms with Gasteiger partial charge in [0.1, 0.15) is 23.4 Å². The maximum atomic E-state index is 9.16. The van der Waals surface area contributed by atoms with Gasteiger partial charge in [-0.15, -0.1) is 11.3 Å². The van der Waals surface area contributed by atoms with Crippen molar-refractivity contribution in [2.24, 2.45) is 0 Å². The molecule has 22 heavy (non-hydrogen) atoms. The number of thiophene rings is 1. The number of fused-ring (bicyclic) bond motifs is 1. The summed E-state index contributed by atoms with van der Waals surface area (Å²) in [5.41, 5.74) is 8.97. The van der Waals surface area contributed by atoms with Gasteiger partial charge in [0.2, 0.25) is 0 Å². The number of nitrogens with two attached hydrogens (primary N) is 1. The Morgan fingerprint density at radius 3 is 3.09 bits per heavy atom. The topological polar surface area (TPSA) is 62.3 Å². The van der Waals surface area contributed by atoms with Crippen molar-refractivity contribution in [2.45, 2.75) is 19.9 Å². The normalized spacial score (nSPS) is 14.4. The van der Waals surface area contributed by atoms with E-state index in [1.165, 1.54) is 10.4 Å². The van der Waals surface area contributed by atoms with Gasteiger partial charge in [-0.05, 0) is 36.6 Å². The number of nitrogen functional groups attached to an aromatic ring is 1. The second-order valence-corrected chi connectivity index (χ2v) is 6.68.